The topological polar surface area (TPSA) is 85.6 Å². The average Bonchev–Trinajstić information content (AvgIpc) is 2.25. The maximum atomic E-state index is 10.3. The molecule has 4 N–H and O–H groups in total. The van der Waals surface area contributed by atoms with Crippen LogP contribution in [0, 0.1) is 0 Å². The summed E-state index contributed by atoms with van der Waals surface area (Å²) in [6.07, 6.45) is 0.271. The average molecular weight is 231 g/mol. The third-order valence-corrected chi connectivity index (χ3v) is 2.48. The van der Waals surface area contributed by atoms with Gasteiger partial charge in [0.05, 0.1) is 13.2 Å². The minimum atomic E-state index is -0.725. The van der Waals surface area contributed by atoms with Crippen molar-refractivity contribution in [3.8, 4) is 0 Å². The van der Waals surface area contributed by atoms with Crippen molar-refractivity contribution in [2.45, 2.75) is 25.4 Å². The highest BCUT2D eigenvalue weighted by Crippen LogP contribution is 2.01. The zero-order valence-corrected chi connectivity index (χ0v) is 9.70. The number of nitrogens with two attached hydrogens (primary N) is 1. The Balaban J connectivity index is 2.01. The Labute approximate surface area is 95.8 Å². The third-order valence-electron chi connectivity index (χ3n) is 2.48. The molecule has 6 heteroatoms. The normalized spacial score (nSPS) is 22.7. The van der Waals surface area contributed by atoms with E-state index >= 15 is 0 Å². The van der Waals surface area contributed by atoms with Crippen molar-refractivity contribution in [3.63, 3.8) is 0 Å². The number of nitrogens with one attached hydrogen (secondary N) is 2. The molecule has 0 aromatic heterocycles. The fourth-order valence-corrected chi connectivity index (χ4v) is 1.74. The van der Waals surface area contributed by atoms with Gasteiger partial charge in [-0.3, -0.25) is 0 Å². The van der Waals surface area contributed by atoms with Gasteiger partial charge in [0.15, 0.2) is 0 Å². The van der Waals surface area contributed by atoms with E-state index in [1.165, 1.54) is 0 Å². The van der Waals surface area contributed by atoms with Crippen molar-refractivity contribution < 1.29 is 14.3 Å². The highest BCUT2D eigenvalue weighted by Gasteiger charge is 2.15. The monoisotopic (exact) mass is 231 g/mol. The Kier molecular flexibility index (Phi) is 6.14. The molecule has 0 aromatic carbocycles. The van der Waals surface area contributed by atoms with Gasteiger partial charge in [-0.05, 0) is 13.3 Å². The van der Waals surface area contributed by atoms with E-state index in [2.05, 4.69) is 22.3 Å². The van der Waals surface area contributed by atoms with Crippen LogP contribution in [0.25, 0.3) is 0 Å². The molecule has 16 heavy (non-hydrogen) atoms. The van der Waals surface area contributed by atoms with E-state index in [1.54, 1.807) is 0 Å². The van der Waals surface area contributed by atoms with E-state index in [0.717, 1.165) is 26.2 Å². The summed E-state index contributed by atoms with van der Waals surface area (Å²) in [6.45, 7) is 5.52. The highest BCUT2D eigenvalue weighted by atomic mass is 16.5. The molecule has 1 aliphatic heterocycles. The molecule has 94 valence electrons. The summed E-state index contributed by atoms with van der Waals surface area (Å²) in [5.74, 6) is 0. The van der Waals surface area contributed by atoms with Crippen LogP contribution in [-0.2, 0) is 9.47 Å². The molecule has 0 radical (unpaired) electrons. The highest BCUT2D eigenvalue weighted by molar-refractivity contribution is 5.64. The molecule has 1 saturated heterocycles. The number of carbonyl (C=O) groups excluding carboxylic acids is 1. The van der Waals surface area contributed by atoms with Crippen molar-refractivity contribution in [1.82, 2.24) is 10.6 Å². The van der Waals surface area contributed by atoms with Crippen molar-refractivity contribution in [3.05, 3.63) is 0 Å². The quantitative estimate of drug-likeness (QED) is 0.533. The summed E-state index contributed by atoms with van der Waals surface area (Å²) in [6, 6.07) is 0.768. The number of ether oxygens (including phenoxy) is 2. The molecule has 1 rings (SSSR count). The van der Waals surface area contributed by atoms with E-state index in [9.17, 15) is 4.79 Å². The first-order valence-electron chi connectivity index (χ1n) is 5.65. The van der Waals surface area contributed by atoms with Crippen LogP contribution >= 0.6 is 0 Å². The first-order chi connectivity index (χ1) is 7.68. The van der Waals surface area contributed by atoms with Gasteiger partial charge >= 0.3 is 6.09 Å². The number of rotatable bonds is 6. The predicted octanol–water partition coefficient (Wildman–Crippen LogP) is -0.562. The Morgan fingerprint density at radius 2 is 2.56 bits per heavy atom. The molecular weight excluding hydrogens is 210 g/mol. The van der Waals surface area contributed by atoms with Gasteiger partial charge in [0.2, 0.25) is 0 Å². The molecule has 1 aliphatic rings. The van der Waals surface area contributed by atoms with Crippen molar-refractivity contribution in [1.29, 1.82) is 0 Å². The Morgan fingerprint density at radius 1 is 1.75 bits per heavy atom. The van der Waals surface area contributed by atoms with Crippen LogP contribution in [-0.4, -0.2) is 51.1 Å². The lowest BCUT2D eigenvalue weighted by Crippen LogP contribution is -2.45. The molecule has 1 heterocycles. The zero-order valence-electron chi connectivity index (χ0n) is 9.70. The number of carbonyl (C=O) groups is 1. The minimum Gasteiger partial charge on any atom is -0.448 e. The van der Waals surface area contributed by atoms with Gasteiger partial charge in [0, 0.05) is 25.2 Å². The SMILES string of the molecule is CC(CC1COCCN1)NCCOC(N)=O. The molecule has 2 atom stereocenters. The molecule has 1 fully saturated rings. The number of primary amides is 1. The van der Waals surface area contributed by atoms with Gasteiger partial charge in [-0.25, -0.2) is 4.79 Å². The van der Waals surface area contributed by atoms with Crippen LogP contribution in [0.3, 0.4) is 0 Å². The molecule has 0 bridgehead atoms. The van der Waals surface area contributed by atoms with Gasteiger partial charge in [-0.15, -0.1) is 0 Å². The second-order valence-electron chi connectivity index (χ2n) is 3.98. The van der Waals surface area contributed by atoms with E-state index < -0.39 is 6.09 Å². The summed E-state index contributed by atoms with van der Waals surface area (Å²) in [5.41, 5.74) is 4.84. The van der Waals surface area contributed by atoms with Crippen LogP contribution < -0.4 is 16.4 Å². The lowest BCUT2D eigenvalue weighted by Gasteiger charge is -2.26. The van der Waals surface area contributed by atoms with Crippen LogP contribution in [0.4, 0.5) is 4.79 Å². The van der Waals surface area contributed by atoms with Crippen molar-refractivity contribution in [2.75, 3.05) is 32.9 Å². The second-order valence-corrected chi connectivity index (χ2v) is 3.98. The molecule has 6 nitrogen and oxygen atoms in total. The molecule has 0 spiro atoms. The van der Waals surface area contributed by atoms with Gasteiger partial charge in [0.25, 0.3) is 0 Å². The zero-order chi connectivity index (χ0) is 11.8. The molecule has 1 amide bonds. The van der Waals surface area contributed by atoms with Gasteiger partial charge in [-0.1, -0.05) is 0 Å². The van der Waals surface area contributed by atoms with Gasteiger partial charge in [-0.2, -0.15) is 0 Å². The predicted molar refractivity (Wildman–Crippen MR) is 60.2 cm³/mol. The molecule has 0 saturated carbocycles. The summed E-state index contributed by atoms with van der Waals surface area (Å²) in [4.78, 5) is 10.3. The minimum absolute atomic E-state index is 0.314. The first-order valence-corrected chi connectivity index (χ1v) is 5.65. The summed E-state index contributed by atoms with van der Waals surface area (Å²) >= 11 is 0. The van der Waals surface area contributed by atoms with E-state index in [1.807, 2.05) is 0 Å². The number of hydrogen-bond acceptors (Lipinski definition) is 5. The van der Waals surface area contributed by atoms with Gasteiger partial charge in [0.1, 0.15) is 6.61 Å². The number of amides is 1. The van der Waals surface area contributed by atoms with Crippen LogP contribution in [0.15, 0.2) is 0 Å². The summed E-state index contributed by atoms with van der Waals surface area (Å²) < 4.78 is 9.98. The summed E-state index contributed by atoms with van der Waals surface area (Å²) in [7, 11) is 0. The van der Waals surface area contributed by atoms with Gasteiger partial charge < -0.3 is 25.8 Å². The fraction of sp³-hybridized carbons (Fsp3) is 0.900. The first kappa shape index (κ1) is 13.2. The van der Waals surface area contributed by atoms with Crippen molar-refractivity contribution in [2.24, 2.45) is 5.73 Å². The lowest BCUT2D eigenvalue weighted by atomic mass is 10.1. The Hall–Kier alpha value is -0.850. The Bertz CT molecular complexity index is 207. The molecular formula is C10H21N3O3. The third kappa shape index (κ3) is 5.89. The standard InChI is InChI=1S/C10H21N3O3/c1-8(12-3-5-16-10(11)14)6-9-7-15-4-2-13-9/h8-9,12-13H,2-7H2,1H3,(H2,11,14). The van der Waals surface area contributed by atoms with Crippen LogP contribution in [0.1, 0.15) is 13.3 Å². The number of hydrogen-bond donors (Lipinski definition) is 3. The lowest BCUT2D eigenvalue weighted by molar-refractivity contribution is 0.0709. The second kappa shape index (κ2) is 7.43. The largest absolute Gasteiger partial charge is 0.448 e. The summed E-state index contributed by atoms with van der Waals surface area (Å²) in [5, 5.41) is 6.65. The maximum Gasteiger partial charge on any atom is 0.404 e. The van der Waals surface area contributed by atoms with E-state index in [0.29, 0.717) is 25.2 Å². The smallest absolute Gasteiger partial charge is 0.404 e. The van der Waals surface area contributed by atoms with Crippen molar-refractivity contribution >= 4 is 6.09 Å². The van der Waals surface area contributed by atoms with Crippen LogP contribution in [0.5, 0.6) is 0 Å². The molecule has 2 unspecified atom stereocenters. The number of morpholine rings is 1. The van der Waals surface area contributed by atoms with Crippen LogP contribution in [0.2, 0.25) is 0 Å². The maximum absolute atomic E-state index is 10.3. The Morgan fingerprint density at radius 3 is 3.19 bits per heavy atom. The van der Waals surface area contributed by atoms with E-state index in [4.69, 9.17) is 10.5 Å². The van der Waals surface area contributed by atoms with E-state index in [-0.39, 0.29) is 0 Å². The fourth-order valence-electron chi connectivity index (χ4n) is 1.74. The molecule has 0 aliphatic carbocycles. The molecule has 0 aromatic rings.